The van der Waals surface area contributed by atoms with Crippen molar-refractivity contribution in [3.63, 3.8) is 0 Å². The minimum Gasteiger partial charge on any atom is -0.463 e. The third-order valence-corrected chi connectivity index (χ3v) is 2.82. The van der Waals surface area contributed by atoms with Gasteiger partial charge in [0.05, 0.1) is 18.2 Å². The zero-order valence-corrected chi connectivity index (χ0v) is 11.5. The number of hydrazone groups is 1. The second kappa shape index (κ2) is 6.00. The van der Waals surface area contributed by atoms with E-state index in [-0.39, 0.29) is 0 Å². The molecule has 3 rings (SSSR count). The highest BCUT2D eigenvalue weighted by molar-refractivity contribution is 5.76. The summed E-state index contributed by atoms with van der Waals surface area (Å²) in [5.41, 5.74) is 5.60. The molecule has 0 amide bonds. The summed E-state index contributed by atoms with van der Waals surface area (Å²) < 4.78 is 5.16. The minimum atomic E-state index is 0.455. The van der Waals surface area contributed by atoms with Crippen LogP contribution in [0.5, 0.6) is 0 Å². The van der Waals surface area contributed by atoms with Crippen LogP contribution >= 0.6 is 0 Å². The van der Waals surface area contributed by atoms with Crippen LogP contribution < -0.4 is 5.43 Å². The largest absolute Gasteiger partial charge is 0.463 e. The van der Waals surface area contributed by atoms with Crippen LogP contribution in [0.3, 0.4) is 0 Å². The zero-order chi connectivity index (χ0) is 14.5. The summed E-state index contributed by atoms with van der Waals surface area (Å²) in [6.07, 6.45) is 3.17. The maximum absolute atomic E-state index is 5.16. The number of nitrogens with zero attached hydrogens (tertiary/aromatic N) is 3. The van der Waals surface area contributed by atoms with Gasteiger partial charge in [-0.3, -0.25) is 0 Å². The third-order valence-electron chi connectivity index (χ3n) is 2.82. The lowest BCUT2D eigenvalue weighted by Crippen LogP contribution is -1.99. The molecule has 0 aliphatic carbocycles. The molecule has 5 heteroatoms. The lowest BCUT2D eigenvalue weighted by Gasteiger charge is -2.05. The van der Waals surface area contributed by atoms with Gasteiger partial charge in [0.2, 0.25) is 5.95 Å². The van der Waals surface area contributed by atoms with Crippen LogP contribution in [0.4, 0.5) is 5.95 Å². The molecule has 0 atom stereocenters. The molecule has 1 N–H and O–H groups in total. The van der Waals surface area contributed by atoms with Gasteiger partial charge < -0.3 is 4.42 Å². The first kappa shape index (κ1) is 13.1. The van der Waals surface area contributed by atoms with E-state index in [1.807, 2.05) is 49.4 Å². The summed E-state index contributed by atoms with van der Waals surface area (Å²) in [6.45, 7) is 1.93. The molecule has 5 nitrogen and oxygen atoms in total. The summed E-state index contributed by atoms with van der Waals surface area (Å²) in [6, 6.07) is 15.5. The normalized spacial score (nSPS) is 10.9. The van der Waals surface area contributed by atoms with Gasteiger partial charge in [-0.1, -0.05) is 30.3 Å². The van der Waals surface area contributed by atoms with E-state index in [4.69, 9.17) is 4.42 Å². The van der Waals surface area contributed by atoms with Crippen molar-refractivity contribution in [1.29, 1.82) is 0 Å². The number of aromatic nitrogens is 2. The predicted octanol–water partition coefficient (Wildman–Crippen LogP) is 3.49. The quantitative estimate of drug-likeness (QED) is 0.586. The van der Waals surface area contributed by atoms with Crippen molar-refractivity contribution in [2.24, 2.45) is 5.10 Å². The minimum absolute atomic E-state index is 0.455. The Morgan fingerprint density at radius 1 is 1.10 bits per heavy atom. The van der Waals surface area contributed by atoms with E-state index in [2.05, 4.69) is 20.5 Å². The number of benzene rings is 1. The Kier molecular flexibility index (Phi) is 3.73. The molecule has 0 radical (unpaired) electrons. The fourth-order valence-electron chi connectivity index (χ4n) is 1.89. The Bertz CT molecular complexity index is 736. The van der Waals surface area contributed by atoms with Crippen molar-refractivity contribution in [3.05, 3.63) is 66.2 Å². The number of furan rings is 1. The molecule has 2 heterocycles. The summed E-state index contributed by atoms with van der Waals surface area (Å²) >= 11 is 0. The molecule has 3 aromatic rings. The summed E-state index contributed by atoms with van der Waals surface area (Å²) in [5.74, 6) is 1.12. The summed E-state index contributed by atoms with van der Waals surface area (Å²) in [4.78, 5) is 8.77. The highest BCUT2D eigenvalue weighted by atomic mass is 16.3. The summed E-state index contributed by atoms with van der Waals surface area (Å²) in [7, 11) is 0. The summed E-state index contributed by atoms with van der Waals surface area (Å²) in [5, 5.41) is 4.07. The molecule has 0 bridgehead atoms. The lowest BCUT2D eigenvalue weighted by molar-refractivity contribution is 0.560. The zero-order valence-electron chi connectivity index (χ0n) is 11.5. The van der Waals surface area contributed by atoms with E-state index in [0.717, 1.165) is 17.0 Å². The number of nitrogens with one attached hydrogen (secondary N) is 1. The Balaban J connectivity index is 1.81. The highest BCUT2D eigenvalue weighted by Crippen LogP contribution is 2.18. The molecule has 0 fully saturated rings. The van der Waals surface area contributed by atoms with E-state index in [0.29, 0.717) is 11.7 Å². The number of rotatable bonds is 4. The van der Waals surface area contributed by atoms with Crippen LogP contribution in [-0.4, -0.2) is 16.2 Å². The number of hydrogen-bond donors (Lipinski definition) is 1. The van der Waals surface area contributed by atoms with Crippen molar-refractivity contribution in [1.82, 2.24) is 9.97 Å². The molecule has 2 aromatic heterocycles. The molecule has 0 aliphatic heterocycles. The highest BCUT2D eigenvalue weighted by Gasteiger charge is 2.03. The van der Waals surface area contributed by atoms with Crippen LogP contribution in [-0.2, 0) is 0 Å². The average Bonchev–Trinajstić information content (AvgIpc) is 3.01. The molecule has 0 saturated carbocycles. The SMILES string of the molecule is Cc1cc(-c2ccccc2)nc(NN=Cc2ccco2)n1. The monoisotopic (exact) mass is 278 g/mol. The molecule has 0 unspecified atom stereocenters. The van der Waals surface area contributed by atoms with Gasteiger partial charge in [0.15, 0.2) is 0 Å². The molecular weight excluding hydrogens is 264 g/mol. The van der Waals surface area contributed by atoms with Crippen molar-refractivity contribution >= 4 is 12.2 Å². The first-order chi connectivity index (χ1) is 10.3. The second-order valence-corrected chi connectivity index (χ2v) is 4.47. The van der Waals surface area contributed by atoms with Gasteiger partial charge in [0.25, 0.3) is 0 Å². The Morgan fingerprint density at radius 2 is 1.95 bits per heavy atom. The van der Waals surface area contributed by atoms with E-state index >= 15 is 0 Å². The van der Waals surface area contributed by atoms with Crippen molar-refractivity contribution in [2.75, 3.05) is 5.43 Å². The maximum atomic E-state index is 5.16. The standard InChI is InChI=1S/C16H14N4O/c1-12-10-15(13-6-3-2-4-7-13)19-16(18-12)20-17-11-14-8-5-9-21-14/h2-11H,1H3,(H,18,19,20). The van der Waals surface area contributed by atoms with Gasteiger partial charge in [-0.2, -0.15) is 5.10 Å². The van der Waals surface area contributed by atoms with Crippen molar-refractivity contribution < 1.29 is 4.42 Å². The van der Waals surface area contributed by atoms with Crippen molar-refractivity contribution in [3.8, 4) is 11.3 Å². The second-order valence-electron chi connectivity index (χ2n) is 4.47. The third kappa shape index (κ3) is 3.33. The van der Waals surface area contributed by atoms with E-state index in [9.17, 15) is 0 Å². The van der Waals surface area contributed by atoms with Crippen LogP contribution in [0.1, 0.15) is 11.5 Å². The van der Waals surface area contributed by atoms with E-state index in [1.54, 1.807) is 18.5 Å². The van der Waals surface area contributed by atoms with Gasteiger partial charge in [-0.25, -0.2) is 15.4 Å². The van der Waals surface area contributed by atoms with Crippen LogP contribution in [0, 0.1) is 6.92 Å². The van der Waals surface area contributed by atoms with E-state index in [1.165, 1.54) is 0 Å². The van der Waals surface area contributed by atoms with Crippen LogP contribution in [0.2, 0.25) is 0 Å². The molecule has 1 aromatic carbocycles. The van der Waals surface area contributed by atoms with Gasteiger partial charge in [-0.15, -0.1) is 0 Å². The predicted molar refractivity (Wildman–Crippen MR) is 82.1 cm³/mol. The van der Waals surface area contributed by atoms with E-state index < -0.39 is 0 Å². The van der Waals surface area contributed by atoms with Gasteiger partial charge in [-0.05, 0) is 25.1 Å². The average molecular weight is 278 g/mol. The topological polar surface area (TPSA) is 63.3 Å². The Labute approximate surface area is 122 Å². The number of hydrogen-bond acceptors (Lipinski definition) is 5. The molecule has 21 heavy (non-hydrogen) atoms. The smallest absolute Gasteiger partial charge is 0.244 e. The fourth-order valence-corrected chi connectivity index (χ4v) is 1.89. The Morgan fingerprint density at radius 3 is 2.71 bits per heavy atom. The van der Waals surface area contributed by atoms with Crippen LogP contribution in [0.15, 0.2) is 64.3 Å². The fraction of sp³-hybridized carbons (Fsp3) is 0.0625. The first-order valence-electron chi connectivity index (χ1n) is 6.55. The molecule has 0 saturated heterocycles. The first-order valence-corrected chi connectivity index (χ1v) is 6.55. The molecule has 104 valence electrons. The number of anilines is 1. The van der Waals surface area contributed by atoms with Gasteiger partial charge in [0, 0.05) is 11.3 Å². The molecule has 0 spiro atoms. The van der Waals surface area contributed by atoms with Crippen molar-refractivity contribution in [2.45, 2.75) is 6.92 Å². The number of aryl methyl sites for hydroxylation is 1. The Hall–Kier alpha value is -2.95. The van der Waals surface area contributed by atoms with Gasteiger partial charge >= 0.3 is 0 Å². The lowest BCUT2D eigenvalue weighted by atomic mass is 10.1. The van der Waals surface area contributed by atoms with Gasteiger partial charge in [0.1, 0.15) is 5.76 Å². The van der Waals surface area contributed by atoms with Crippen LogP contribution in [0.25, 0.3) is 11.3 Å². The molecular formula is C16H14N4O. The maximum Gasteiger partial charge on any atom is 0.244 e. The molecule has 0 aliphatic rings.